The van der Waals surface area contributed by atoms with E-state index < -0.39 is 0 Å². The number of carbonyl (C=O) groups excluding carboxylic acids is 1. The van der Waals surface area contributed by atoms with E-state index in [2.05, 4.69) is 4.57 Å². The summed E-state index contributed by atoms with van der Waals surface area (Å²) in [6.45, 7) is 2.13. The molecule has 0 saturated heterocycles. The maximum Gasteiger partial charge on any atom is 0.224 e. The van der Waals surface area contributed by atoms with E-state index in [1.54, 1.807) is 26.0 Å². The Morgan fingerprint density at radius 3 is 2.40 bits per heavy atom. The van der Waals surface area contributed by atoms with E-state index >= 15 is 0 Å². The fourth-order valence-electron chi connectivity index (χ4n) is 2.57. The van der Waals surface area contributed by atoms with E-state index in [0.717, 1.165) is 17.1 Å². The highest BCUT2D eigenvalue weighted by Crippen LogP contribution is 2.40. The van der Waals surface area contributed by atoms with Crippen LogP contribution in [0.5, 0.6) is 11.5 Å². The summed E-state index contributed by atoms with van der Waals surface area (Å²) in [4.78, 5) is 13.6. The van der Waals surface area contributed by atoms with Gasteiger partial charge in [0.05, 0.1) is 32.1 Å². The predicted molar refractivity (Wildman–Crippen MR) is 75.7 cm³/mol. The summed E-state index contributed by atoms with van der Waals surface area (Å²) in [6.07, 6.45) is 1.98. The molecular weight excluding hydrogens is 256 g/mol. The second-order valence-electron chi connectivity index (χ2n) is 4.67. The van der Waals surface area contributed by atoms with Crippen LogP contribution >= 0.6 is 0 Å². The summed E-state index contributed by atoms with van der Waals surface area (Å²) in [6, 6.07) is 7.72. The molecule has 0 N–H and O–H groups in total. The number of rotatable bonds is 2. The molecule has 0 fully saturated rings. The number of carbonyl (C=O) groups is 1. The molecule has 1 aromatic heterocycles. The van der Waals surface area contributed by atoms with Crippen LogP contribution in [0.2, 0.25) is 0 Å². The van der Waals surface area contributed by atoms with Crippen LogP contribution < -0.4 is 14.4 Å². The Bertz CT molecular complexity index is 676. The topological polar surface area (TPSA) is 43.7 Å². The third-order valence-corrected chi connectivity index (χ3v) is 3.56. The van der Waals surface area contributed by atoms with Crippen LogP contribution in [0.3, 0.4) is 0 Å². The van der Waals surface area contributed by atoms with E-state index in [1.165, 1.54) is 0 Å². The highest BCUT2D eigenvalue weighted by molar-refractivity contribution is 5.95. The Kier molecular flexibility index (Phi) is 2.89. The predicted octanol–water partition coefficient (Wildman–Crippen LogP) is 2.36. The largest absolute Gasteiger partial charge is 0.493 e. The van der Waals surface area contributed by atoms with Gasteiger partial charge in [-0.15, -0.1) is 0 Å². The first kappa shape index (κ1) is 12.6. The van der Waals surface area contributed by atoms with Gasteiger partial charge < -0.3 is 18.9 Å². The van der Waals surface area contributed by atoms with Crippen LogP contribution in [0, 0.1) is 0 Å². The molecule has 1 amide bonds. The molecule has 1 aliphatic heterocycles. The molecule has 2 heterocycles. The molecule has 5 nitrogen and oxygen atoms in total. The Morgan fingerprint density at radius 1 is 1.15 bits per heavy atom. The van der Waals surface area contributed by atoms with Gasteiger partial charge in [-0.1, -0.05) is 0 Å². The molecule has 0 unspecified atom stereocenters. The smallest absolute Gasteiger partial charge is 0.224 e. The number of benzene rings is 1. The lowest BCUT2D eigenvalue weighted by atomic mass is 10.1. The SMILES string of the molecule is COc1cc2c(cc1OC)-n1cccc1CN2C(C)=O. The molecule has 0 spiro atoms. The summed E-state index contributed by atoms with van der Waals surface area (Å²) >= 11 is 0. The molecule has 0 atom stereocenters. The van der Waals surface area contributed by atoms with Gasteiger partial charge in [0.2, 0.25) is 5.91 Å². The van der Waals surface area contributed by atoms with Gasteiger partial charge in [0.15, 0.2) is 11.5 Å². The molecule has 2 aromatic rings. The molecule has 1 aromatic carbocycles. The summed E-state index contributed by atoms with van der Waals surface area (Å²) in [5, 5.41) is 0. The Hall–Kier alpha value is -2.43. The maximum absolute atomic E-state index is 11.9. The van der Waals surface area contributed by atoms with Crippen molar-refractivity contribution >= 4 is 11.6 Å². The van der Waals surface area contributed by atoms with Crippen LogP contribution in [0.1, 0.15) is 12.6 Å². The van der Waals surface area contributed by atoms with Gasteiger partial charge in [-0.2, -0.15) is 0 Å². The first-order chi connectivity index (χ1) is 9.65. The van der Waals surface area contributed by atoms with Crippen molar-refractivity contribution in [2.24, 2.45) is 0 Å². The molecule has 0 bridgehead atoms. The van der Waals surface area contributed by atoms with E-state index in [1.807, 2.05) is 30.5 Å². The average Bonchev–Trinajstić information content (AvgIpc) is 2.93. The lowest BCUT2D eigenvalue weighted by molar-refractivity contribution is -0.116. The quantitative estimate of drug-likeness (QED) is 0.843. The van der Waals surface area contributed by atoms with E-state index in [4.69, 9.17) is 9.47 Å². The molecule has 5 heteroatoms. The van der Waals surface area contributed by atoms with Crippen LogP contribution in [0.4, 0.5) is 5.69 Å². The number of hydrogen-bond acceptors (Lipinski definition) is 3. The van der Waals surface area contributed by atoms with Gasteiger partial charge in [-0.05, 0) is 12.1 Å². The normalized spacial score (nSPS) is 12.7. The van der Waals surface area contributed by atoms with Crippen molar-refractivity contribution in [3.05, 3.63) is 36.2 Å². The fraction of sp³-hybridized carbons (Fsp3) is 0.267. The minimum absolute atomic E-state index is 0.00548. The van der Waals surface area contributed by atoms with Crippen molar-refractivity contribution in [1.82, 2.24) is 4.57 Å². The Labute approximate surface area is 117 Å². The standard InChI is InChI=1S/C15H16N2O3/c1-10(18)17-9-11-5-4-6-16(11)12-7-14(19-2)15(20-3)8-13(12)17/h4-8H,9H2,1-3H3. The number of amides is 1. The second-order valence-corrected chi connectivity index (χ2v) is 4.67. The minimum atomic E-state index is 0.00548. The third-order valence-electron chi connectivity index (χ3n) is 3.56. The van der Waals surface area contributed by atoms with Gasteiger partial charge in [-0.3, -0.25) is 4.79 Å². The Morgan fingerprint density at radius 2 is 1.80 bits per heavy atom. The zero-order valence-corrected chi connectivity index (χ0v) is 11.7. The fourth-order valence-corrected chi connectivity index (χ4v) is 2.57. The summed E-state index contributed by atoms with van der Waals surface area (Å²) in [5.74, 6) is 1.27. The molecule has 20 heavy (non-hydrogen) atoms. The lowest BCUT2D eigenvalue weighted by Crippen LogP contribution is -2.33. The van der Waals surface area contributed by atoms with Crippen molar-refractivity contribution < 1.29 is 14.3 Å². The number of ether oxygens (including phenoxy) is 2. The maximum atomic E-state index is 11.9. The zero-order valence-electron chi connectivity index (χ0n) is 11.7. The van der Waals surface area contributed by atoms with Crippen molar-refractivity contribution in [1.29, 1.82) is 0 Å². The molecule has 104 valence electrons. The molecule has 0 saturated carbocycles. The van der Waals surface area contributed by atoms with Gasteiger partial charge in [0, 0.05) is 30.9 Å². The number of aromatic nitrogens is 1. The molecule has 1 aliphatic rings. The number of nitrogens with zero attached hydrogens (tertiary/aromatic N) is 2. The Balaban J connectivity index is 2.26. The van der Waals surface area contributed by atoms with Crippen molar-refractivity contribution in [2.75, 3.05) is 19.1 Å². The lowest BCUT2D eigenvalue weighted by Gasteiger charge is -2.31. The van der Waals surface area contributed by atoms with Gasteiger partial charge in [0.25, 0.3) is 0 Å². The monoisotopic (exact) mass is 272 g/mol. The highest BCUT2D eigenvalue weighted by atomic mass is 16.5. The van der Waals surface area contributed by atoms with Gasteiger partial charge >= 0.3 is 0 Å². The van der Waals surface area contributed by atoms with Gasteiger partial charge in [-0.25, -0.2) is 0 Å². The third kappa shape index (κ3) is 1.74. The van der Waals surface area contributed by atoms with Crippen LogP contribution in [-0.4, -0.2) is 24.7 Å². The number of anilines is 1. The van der Waals surface area contributed by atoms with Crippen molar-refractivity contribution in [3.8, 4) is 17.2 Å². The molecule has 3 rings (SSSR count). The highest BCUT2D eigenvalue weighted by Gasteiger charge is 2.26. The summed E-state index contributed by atoms with van der Waals surface area (Å²) < 4.78 is 12.7. The molecular formula is C15H16N2O3. The first-order valence-electron chi connectivity index (χ1n) is 6.36. The van der Waals surface area contributed by atoms with Gasteiger partial charge in [0.1, 0.15) is 0 Å². The summed E-state index contributed by atoms with van der Waals surface area (Å²) in [5.41, 5.74) is 2.82. The average molecular weight is 272 g/mol. The number of fused-ring (bicyclic) bond motifs is 3. The van der Waals surface area contributed by atoms with Crippen molar-refractivity contribution in [2.45, 2.75) is 13.5 Å². The van der Waals surface area contributed by atoms with Crippen LogP contribution in [0.15, 0.2) is 30.5 Å². The molecule has 0 radical (unpaired) electrons. The van der Waals surface area contributed by atoms with Crippen LogP contribution in [-0.2, 0) is 11.3 Å². The van der Waals surface area contributed by atoms with Crippen LogP contribution in [0.25, 0.3) is 5.69 Å². The first-order valence-corrected chi connectivity index (χ1v) is 6.36. The van der Waals surface area contributed by atoms with E-state index in [9.17, 15) is 4.79 Å². The zero-order chi connectivity index (χ0) is 14.3. The number of methoxy groups -OCH3 is 2. The van der Waals surface area contributed by atoms with Crippen molar-refractivity contribution in [3.63, 3.8) is 0 Å². The second kappa shape index (κ2) is 4.59. The number of hydrogen-bond donors (Lipinski definition) is 0. The minimum Gasteiger partial charge on any atom is -0.493 e. The van der Waals surface area contributed by atoms with E-state index in [0.29, 0.717) is 18.0 Å². The molecule has 0 aliphatic carbocycles. The summed E-state index contributed by atoms with van der Waals surface area (Å²) in [7, 11) is 3.19. The van der Waals surface area contributed by atoms with E-state index in [-0.39, 0.29) is 5.91 Å².